The van der Waals surface area contributed by atoms with Crippen molar-refractivity contribution < 1.29 is 37.3 Å². The van der Waals surface area contributed by atoms with Crippen molar-refractivity contribution in [1.29, 1.82) is 0 Å². The first-order valence-electron chi connectivity index (χ1n) is 9.41. The largest absolute Gasteiger partial charge is 0.490 e. The van der Waals surface area contributed by atoms with Crippen LogP contribution in [0.15, 0.2) is 18.5 Å². The van der Waals surface area contributed by atoms with Crippen LogP contribution in [0.2, 0.25) is 0 Å². The molecule has 3 rings (SSSR count). The van der Waals surface area contributed by atoms with Crippen LogP contribution in [0.5, 0.6) is 0 Å². The molecular weight excluding hydrogens is 409 g/mol. The van der Waals surface area contributed by atoms with Crippen molar-refractivity contribution in [3.63, 3.8) is 0 Å². The molecule has 168 valence electrons. The van der Waals surface area contributed by atoms with E-state index in [-0.39, 0.29) is 12.0 Å². The molecule has 1 aromatic heterocycles. The lowest BCUT2D eigenvalue weighted by atomic mass is 9.83. The number of anilines is 1. The number of carbonyl (C=O) groups is 2. The molecular formula is C18H25F3N4O5. The fraction of sp³-hybridized carbons (Fsp3) is 0.667. The predicted octanol–water partition coefficient (Wildman–Crippen LogP) is 1.10. The number of nitrogens with zero attached hydrogens (tertiary/aromatic N) is 3. The van der Waals surface area contributed by atoms with Gasteiger partial charge in [-0.05, 0) is 18.4 Å². The number of aliphatic carboxylic acids is 1. The number of aromatic nitrogens is 2. The van der Waals surface area contributed by atoms with Crippen LogP contribution in [0.25, 0.3) is 0 Å². The first-order valence-corrected chi connectivity index (χ1v) is 9.41. The highest BCUT2D eigenvalue weighted by atomic mass is 19.4. The Labute approximate surface area is 171 Å². The van der Waals surface area contributed by atoms with Gasteiger partial charge in [0, 0.05) is 45.1 Å². The van der Waals surface area contributed by atoms with E-state index in [4.69, 9.17) is 19.4 Å². The lowest BCUT2D eigenvalue weighted by Gasteiger charge is -2.35. The normalized spacial score (nSPS) is 23.2. The zero-order valence-electron chi connectivity index (χ0n) is 16.5. The Kier molecular flexibility index (Phi) is 8.78. The Morgan fingerprint density at radius 2 is 2.03 bits per heavy atom. The van der Waals surface area contributed by atoms with Gasteiger partial charge in [-0.2, -0.15) is 13.2 Å². The van der Waals surface area contributed by atoms with Gasteiger partial charge < -0.3 is 24.8 Å². The van der Waals surface area contributed by atoms with Gasteiger partial charge in [-0.25, -0.2) is 14.8 Å². The molecule has 2 fully saturated rings. The quantitative estimate of drug-likeness (QED) is 0.640. The molecule has 3 heterocycles. The van der Waals surface area contributed by atoms with Crippen molar-refractivity contribution in [1.82, 2.24) is 15.3 Å². The van der Waals surface area contributed by atoms with Crippen molar-refractivity contribution in [2.45, 2.75) is 25.1 Å². The molecule has 2 aliphatic heterocycles. The highest BCUT2D eigenvalue weighted by molar-refractivity contribution is 5.76. The smallest absolute Gasteiger partial charge is 0.475 e. The van der Waals surface area contributed by atoms with E-state index in [0.717, 1.165) is 25.5 Å². The summed E-state index contributed by atoms with van der Waals surface area (Å²) in [5, 5.41) is 9.99. The van der Waals surface area contributed by atoms with E-state index >= 15 is 0 Å². The standard InChI is InChI=1S/C16H24N4O3.C2HF3O2/c1-22-8-6-17-15(21)9-14-13-3-7-20(10-12(13)11-23-14)16-18-4-2-5-19-16;3-2(4,5)1(6)7/h2,4-5,12-14H,3,6-11H2,1H3,(H,17,21);(H,6,7)/t12-,13-,14+;/m1./s1. The van der Waals surface area contributed by atoms with Crippen LogP contribution in [-0.4, -0.2) is 79.2 Å². The second-order valence-corrected chi connectivity index (χ2v) is 6.93. The minimum Gasteiger partial charge on any atom is -0.475 e. The molecule has 30 heavy (non-hydrogen) atoms. The van der Waals surface area contributed by atoms with Gasteiger partial charge in [0.2, 0.25) is 11.9 Å². The molecule has 0 spiro atoms. The molecule has 0 radical (unpaired) electrons. The number of hydrogen-bond acceptors (Lipinski definition) is 7. The molecule has 2 N–H and O–H groups in total. The Hall–Kier alpha value is -2.47. The van der Waals surface area contributed by atoms with Crippen LogP contribution < -0.4 is 10.2 Å². The number of ether oxygens (including phenoxy) is 2. The molecule has 12 heteroatoms. The average molecular weight is 434 g/mol. The average Bonchev–Trinajstić information content (AvgIpc) is 3.10. The second kappa shape index (κ2) is 11.1. The van der Waals surface area contributed by atoms with Gasteiger partial charge in [-0.3, -0.25) is 4.79 Å². The zero-order valence-corrected chi connectivity index (χ0v) is 16.5. The van der Waals surface area contributed by atoms with Crippen molar-refractivity contribution in [2.24, 2.45) is 11.8 Å². The molecule has 0 aliphatic carbocycles. The van der Waals surface area contributed by atoms with Gasteiger partial charge >= 0.3 is 12.1 Å². The van der Waals surface area contributed by atoms with Gasteiger partial charge in [-0.15, -0.1) is 0 Å². The number of amides is 1. The minimum atomic E-state index is -5.08. The van der Waals surface area contributed by atoms with Gasteiger partial charge in [0.05, 0.1) is 25.7 Å². The molecule has 1 amide bonds. The first kappa shape index (κ1) is 23.8. The van der Waals surface area contributed by atoms with E-state index < -0.39 is 12.1 Å². The zero-order chi connectivity index (χ0) is 22.1. The van der Waals surface area contributed by atoms with E-state index in [9.17, 15) is 18.0 Å². The summed E-state index contributed by atoms with van der Waals surface area (Å²) in [5.41, 5.74) is 0. The summed E-state index contributed by atoms with van der Waals surface area (Å²) in [6.45, 7) is 3.61. The van der Waals surface area contributed by atoms with Crippen molar-refractivity contribution in [3.8, 4) is 0 Å². The van der Waals surface area contributed by atoms with E-state index in [1.807, 2.05) is 6.07 Å². The summed E-state index contributed by atoms with van der Waals surface area (Å²) < 4.78 is 42.6. The van der Waals surface area contributed by atoms with Crippen molar-refractivity contribution in [3.05, 3.63) is 18.5 Å². The number of carboxylic acids is 1. The number of hydrogen-bond donors (Lipinski definition) is 2. The maximum atomic E-state index is 12.0. The molecule has 0 aromatic carbocycles. The number of halogens is 3. The highest BCUT2D eigenvalue weighted by Gasteiger charge is 2.42. The van der Waals surface area contributed by atoms with Gasteiger partial charge in [-0.1, -0.05) is 0 Å². The van der Waals surface area contributed by atoms with E-state index in [2.05, 4.69) is 20.2 Å². The maximum absolute atomic E-state index is 12.0. The Morgan fingerprint density at radius 1 is 1.37 bits per heavy atom. The Balaban J connectivity index is 0.000000396. The third-order valence-corrected chi connectivity index (χ3v) is 4.89. The first-order chi connectivity index (χ1) is 14.2. The number of nitrogens with one attached hydrogen (secondary N) is 1. The fourth-order valence-electron chi connectivity index (χ4n) is 3.48. The fourth-order valence-corrected chi connectivity index (χ4v) is 3.48. The van der Waals surface area contributed by atoms with E-state index in [1.165, 1.54) is 0 Å². The number of piperidine rings is 1. The summed E-state index contributed by atoms with van der Waals surface area (Å²) in [6.07, 6.45) is -0.0631. The number of methoxy groups -OCH3 is 1. The van der Waals surface area contributed by atoms with Crippen molar-refractivity contribution >= 4 is 17.8 Å². The number of carbonyl (C=O) groups excluding carboxylic acids is 1. The van der Waals surface area contributed by atoms with Crippen molar-refractivity contribution in [2.75, 3.05) is 44.9 Å². The Bertz CT molecular complexity index is 692. The maximum Gasteiger partial charge on any atom is 0.490 e. The molecule has 2 aliphatic rings. The van der Waals surface area contributed by atoms with Crippen LogP contribution in [0.1, 0.15) is 12.8 Å². The molecule has 0 bridgehead atoms. The van der Waals surface area contributed by atoms with Gasteiger partial charge in [0.1, 0.15) is 0 Å². The SMILES string of the molecule is COCCNC(=O)C[C@@H]1OC[C@H]2CN(c3ncccn3)CC[C@H]21.O=C(O)C(F)(F)F. The highest BCUT2D eigenvalue weighted by Crippen LogP contribution is 2.36. The summed E-state index contributed by atoms with van der Waals surface area (Å²) in [5.74, 6) is -1.03. The van der Waals surface area contributed by atoms with Crippen LogP contribution in [-0.2, 0) is 19.1 Å². The monoisotopic (exact) mass is 434 g/mol. The number of fused-ring (bicyclic) bond motifs is 1. The summed E-state index contributed by atoms with van der Waals surface area (Å²) in [4.78, 5) is 31.7. The molecule has 2 saturated heterocycles. The Morgan fingerprint density at radius 3 is 2.63 bits per heavy atom. The summed E-state index contributed by atoms with van der Waals surface area (Å²) in [6, 6.07) is 1.83. The van der Waals surface area contributed by atoms with Gasteiger partial charge in [0.15, 0.2) is 0 Å². The van der Waals surface area contributed by atoms with E-state index in [0.29, 0.717) is 38.0 Å². The van der Waals surface area contributed by atoms with Crippen LogP contribution in [0, 0.1) is 11.8 Å². The lowest BCUT2D eigenvalue weighted by Crippen LogP contribution is -2.43. The lowest BCUT2D eigenvalue weighted by molar-refractivity contribution is -0.192. The summed E-state index contributed by atoms with van der Waals surface area (Å²) in [7, 11) is 1.63. The minimum absolute atomic E-state index is 0.0291. The topological polar surface area (TPSA) is 114 Å². The third-order valence-electron chi connectivity index (χ3n) is 4.89. The number of rotatable bonds is 6. The predicted molar refractivity (Wildman–Crippen MR) is 98.8 cm³/mol. The third kappa shape index (κ3) is 7.10. The molecule has 3 atom stereocenters. The number of carboxylic acid groups (broad SMARTS) is 1. The number of alkyl halides is 3. The van der Waals surface area contributed by atoms with Gasteiger partial charge in [0.25, 0.3) is 0 Å². The molecule has 0 saturated carbocycles. The second-order valence-electron chi connectivity index (χ2n) is 6.93. The molecule has 1 aromatic rings. The van der Waals surface area contributed by atoms with Crippen LogP contribution in [0.3, 0.4) is 0 Å². The summed E-state index contributed by atoms with van der Waals surface area (Å²) >= 11 is 0. The van der Waals surface area contributed by atoms with E-state index in [1.54, 1.807) is 19.5 Å². The molecule has 0 unspecified atom stereocenters. The molecule has 9 nitrogen and oxygen atoms in total. The van der Waals surface area contributed by atoms with Crippen LogP contribution >= 0.6 is 0 Å². The van der Waals surface area contributed by atoms with Crippen LogP contribution in [0.4, 0.5) is 19.1 Å².